The third-order valence-electron chi connectivity index (χ3n) is 4.67. The monoisotopic (exact) mass is 373 g/mol. The van der Waals surface area contributed by atoms with Crippen molar-refractivity contribution in [2.24, 2.45) is 5.92 Å². The lowest BCUT2D eigenvalue weighted by Crippen LogP contribution is -2.50. The summed E-state index contributed by atoms with van der Waals surface area (Å²) in [5.74, 6) is -0.433. The topological polar surface area (TPSA) is 124 Å². The molecular formula is C17H23N7O3. The lowest BCUT2D eigenvalue weighted by Gasteiger charge is -2.35. The van der Waals surface area contributed by atoms with Crippen LogP contribution in [0.5, 0.6) is 0 Å². The SMILES string of the molecule is CO[C@@H]1CC[C@H](C(=O)NCc2ccccn2)C[C@H]1NC(=O)Cn1cnnn1. The Kier molecular flexibility index (Phi) is 6.42. The summed E-state index contributed by atoms with van der Waals surface area (Å²) >= 11 is 0. The molecule has 0 bridgehead atoms. The van der Waals surface area contributed by atoms with Gasteiger partial charge in [0.05, 0.1) is 24.4 Å². The number of methoxy groups -OCH3 is 1. The number of carbonyl (C=O) groups is 2. The van der Waals surface area contributed by atoms with Crippen molar-refractivity contribution in [3.63, 3.8) is 0 Å². The Labute approximate surface area is 156 Å². The fourth-order valence-corrected chi connectivity index (χ4v) is 3.29. The molecular weight excluding hydrogens is 350 g/mol. The molecule has 2 heterocycles. The largest absolute Gasteiger partial charge is 0.379 e. The minimum atomic E-state index is -0.238. The van der Waals surface area contributed by atoms with Crippen molar-refractivity contribution in [2.45, 2.75) is 44.5 Å². The summed E-state index contributed by atoms with van der Waals surface area (Å²) in [4.78, 5) is 29.0. The number of hydrogen-bond donors (Lipinski definition) is 2. The maximum atomic E-state index is 12.5. The molecule has 10 heteroatoms. The molecule has 1 aliphatic carbocycles. The van der Waals surface area contributed by atoms with E-state index in [1.807, 2.05) is 18.2 Å². The molecule has 3 rings (SSSR count). The van der Waals surface area contributed by atoms with Gasteiger partial charge in [-0.05, 0) is 41.8 Å². The van der Waals surface area contributed by atoms with E-state index in [-0.39, 0.29) is 36.4 Å². The van der Waals surface area contributed by atoms with E-state index >= 15 is 0 Å². The lowest BCUT2D eigenvalue weighted by molar-refractivity contribution is -0.130. The minimum absolute atomic E-state index is 0.0243. The Morgan fingerprint density at radius 2 is 2.22 bits per heavy atom. The number of aromatic nitrogens is 5. The van der Waals surface area contributed by atoms with Crippen LogP contribution >= 0.6 is 0 Å². The molecule has 144 valence electrons. The van der Waals surface area contributed by atoms with Crippen LogP contribution in [0.4, 0.5) is 0 Å². The van der Waals surface area contributed by atoms with Gasteiger partial charge in [0.25, 0.3) is 0 Å². The zero-order valence-corrected chi connectivity index (χ0v) is 15.1. The third-order valence-corrected chi connectivity index (χ3v) is 4.67. The highest BCUT2D eigenvalue weighted by atomic mass is 16.5. The number of nitrogens with zero attached hydrogens (tertiary/aromatic N) is 5. The molecule has 2 amide bonds. The Morgan fingerprint density at radius 1 is 1.33 bits per heavy atom. The van der Waals surface area contributed by atoms with E-state index in [9.17, 15) is 9.59 Å². The molecule has 0 spiro atoms. The van der Waals surface area contributed by atoms with Crippen molar-refractivity contribution < 1.29 is 14.3 Å². The van der Waals surface area contributed by atoms with Crippen LogP contribution in [0, 0.1) is 5.92 Å². The van der Waals surface area contributed by atoms with E-state index < -0.39 is 0 Å². The highest BCUT2D eigenvalue weighted by Gasteiger charge is 2.34. The summed E-state index contributed by atoms with van der Waals surface area (Å²) in [5, 5.41) is 16.6. The fourth-order valence-electron chi connectivity index (χ4n) is 3.29. The van der Waals surface area contributed by atoms with E-state index in [4.69, 9.17) is 4.74 Å². The van der Waals surface area contributed by atoms with E-state index in [2.05, 4.69) is 31.1 Å². The van der Waals surface area contributed by atoms with E-state index in [0.29, 0.717) is 25.8 Å². The van der Waals surface area contributed by atoms with Crippen LogP contribution in [-0.4, -0.2) is 56.3 Å². The number of hydrogen-bond acceptors (Lipinski definition) is 7. The summed E-state index contributed by atoms with van der Waals surface area (Å²) in [5.41, 5.74) is 0.808. The molecule has 0 aliphatic heterocycles. The van der Waals surface area contributed by atoms with Crippen molar-refractivity contribution in [1.29, 1.82) is 0 Å². The minimum Gasteiger partial charge on any atom is -0.379 e. The van der Waals surface area contributed by atoms with Crippen molar-refractivity contribution in [3.8, 4) is 0 Å². The summed E-state index contributed by atoms with van der Waals surface area (Å²) in [6, 6.07) is 5.34. The maximum absolute atomic E-state index is 12.5. The van der Waals surface area contributed by atoms with Gasteiger partial charge in [0.1, 0.15) is 12.9 Å². The van der Waals surface area contributed by atoms with Crippen LogP contribution in [0.1, 0.15) is 25.0 Å². The maximum Gasteiger partial charge on any atom is 0.242 e. The summed E-state index contributed by atoms with van der Waals surface area (Å²) in [7, 11) is 1.62. The first-order chi connectivity index (χ1) is 13.2. The molecule has 2 aromatic rings. The molecule has 27 heavy (non-hydrogen) atoms. The summed E-state index contributed by atoms with van der Waals surface area (Å²) in [6.07, 6.45) is 4.89. The predicted molar refractivity (Wildman–Crippen MR) is 94.0 cm³/mol. The average molecular weight is 373 g/mol. The Hall–Kier alpha value is -2.88. The highest BCUT2D eigenvalue weighted by molar-refractivity contribution is 5.79. The van der Waals surface area contributed by atoms with Gasteiger partial charge in [0, 0.05) is 19.2 Å². The molecule has 0 radical (unpaired) electrons. The molecule has 1 saturated carbocycles. The molecule has 2 N–H and O–H groups in total. The number of carbonyl (C=O) groups excluding carboxylic acids is 2. The zero-order valence-electron chi connectivity index (χ0n) is 15.1. The van der Waals surface area contributed by atoms with Gasteiger partial charge < -0.3 is 15.4 Å². The molecule has 1 aliphatic rings. The number of pyridine rings is 1. The Balaban J connectivity index is 1.53. The van der Waals surface area contributed by atoms with Crippen LogP contribution < -0.4 is 10.6 Å². The van der Waals surface area contributed by atoms with Crippen molar-refractivity contribution in [2.75, 3.05) is 7.11 Å². The van der Waals surface area contributed by atoms with Crippen LogP contribution in [0.2, 0.25) is 0 Å². The fraction of sp³-hybridized carbons (Fsp3) is 0.529. The first-order valence-electron chi connectivity index (χ1n) is 8.86. The molecule has 10 nitrogen and oxygen atoms in total. The van der Waals surface area contributed by atoms with Crippen LogP contribution in [0.25, 0.3) is 0 Å². The summed E-state index contributed by atoms with van der Waals surface area (Å²) < 4.78 is 6.84. The molecule has 0 aromatic carbocycles. The zero-order chi connectivity index (χ0) is 19.1. The van der Waals surface area contributed by atoms with Crippen molar-refractivity contribution in [3.05, 3.63) is 36.4 Å². The van der Waals surface area contributed by atoms with E-state index in [1.165, 1.54) is 11.0 Å². The molecule has 0 saturated heterocycles. The first-order valence-corrected chi connectivity index (χ1v) is 8.86. The van der Waals surface area contributed by atoms with Gasteiger partial charge >= 0.3 is 0 Å². The molecule has 3 atom stereocenters. The van der Waals surface area contributed by atoms with Crippen LogP contribution in [0.3, 0.4) is 0 Å². The number of ether oxygens (including phenoxy) is 1. The molecule has 1 fully saturated rings. The lowest BCUT2D eigenvalue weighted by atomic mass is 9.83. The van der Waals surface area contributed by atoms with Crippen LogP contribution in [0.15, 0.2) is 30.7 Å². The van der Waals surface area contributed by atoms with Gasteiger partial charge in [-0.1, -0.05) is 6.07 Å². The highest BCUT2D eigenvalue weighted by Crippen LogP contribution is 2.27. The smallest absolute Gasteiger partial charge is 0.242 e. The first kappa shape index (κ1) is 18.9. The Bertz CT molecular complexity index is 738. The number of tetrazole rings is 1. The van der Waals surface area contributed by atoms with Crippen molar-refractivity contribution in [1.82, 2.24) is 35.8 Å². The van der Waals surface area contributed by atoms with Gasteiger partial charge in [-0.2, -0.15) is 0 Å². The average Bonchev–Trinajstić information content (AvgIpc) is 3.19. The molecule has 2 aromatic heterocycles. The van der Waals surface area contributed by atoms with E-state index in [0.717, 1.165) is 5.69 Å². The second-order valence-corrected chi connectivity index (χ2v) is 6.50. The number of amides is 2. The predicted octanol–water partition coefficient (Wildman–Crippen LogP) is -0.316. The van der Waals surface area contributed by atoms with Gasteiger partial charge in [-0.3, -0.25) is 14.6 Å². The second kappa shape index (κ2) is 9.17. The Morgan fingerprint density at radius 3 is 2.93 bits per heavy atom. The van der Waals surface area contributed by atoms with Gasteiger partial charge in [-0.15, -0.1) is 5.10 Å². The standard InChI is InChI=1S/C17H23N7O3/c1-27-15-6-5-12(17(26)19-9-13-4-2-3-7-18-13)8-14(15)21-16(25)10-24-11-20-22-23-24/h2-4,7,11-12,14-15H,5-6,8-10H2,1H3,(H,19,26)(H,21,25)/t12-,14+,15+/m0/s1. The van der Waals surface area contributed by atoms with E-state index in [1.54, 1.807) is 13.3 Å². The van der Waals surface area contributed by atoms with Gasteiger partial charge in [0.15, 0.2) is 0 Å². The van der Waals surface area contributed by atoms with Crippen LogP contribution in [-0.2, 0) is 27.4 Å². The third kappa shape index (κ3) is 5.30. The van der Waals surface area contributed by atoms with Crippen molar-refractivity contribution >= 4 is 11.8 Å². The number of nitrogens with one attached hydrogen (secondary N) is 2. The second-order valence-electron chi connectivity index (χ2n) is 6.50. The van der Waals surface area contributed by atoms with Gasteiger partial charge in [0.2, 0.25) is 11.8 Å². The number of rotatable bonds is 7. The van der Waals surface area contributed by atoms with Gasteiger partial charge in [-0.25, -0.2) is 4.68 Å². The normalized spacial score (nSPS) is 22.2. The molecule has 0 unspecified atom stereocenters. The summed E-state index contributed by atoms with van der Waals surface area (Å²) in [6.45, 7) is 0.413. The quantitative estimate of drug-likeness (QED) is 0.682.